The van der Waals surface area contributed by atoms with Crippen LogP contribution < -0.4 is 9.80 Å². The van der Waals surface area contributed by atoms with E-state index >= 15 is 0 Å². The molecule has 6 aromatic rings. The fourth-order valence-electron chi connectivity index (χ4n) is 5.19. The van der Waals surface area contributed by atoms with Crippen LogP contribution in [-0.4, -0.2) is 0 Å². The molecule has 0 fully saturated rings. The first kappa shape index (κ1) is 25.2. The van der Waals surface area contributed by atoms with Crippen molar-refractivity contribution >= 4 is 34.1 Å². The molecule has 6 rings (SSSR count). The Morgan fingerprint density at radius 3 is 0.975 bits per heavy atom. The van der Waals surface area contributed by atoms with Gasteiger partial charge in [-0.1, -0.05) is 108 Å². The third-order valence-corrected chi connectivity index (χ3v) is 7.19. The summed E-state index contributed by atoms with van der Waals surface area (Å²) in [5.74, 6) is 0. The summed E-state index contributed by atoms with van der Waals surface area (Å²) in [5, 5.41) is 0. The van der Waals surface area contributed by atoms with E-state index < -0.39 is 0 Å². The van der Waals surface area contributed by atoms with Crippen LogP contribution in [0.4, 0.5) is 34.1 Å². The van der Waals surface area contributed by atoms with Crippen LogP contribution in [-0.2, 0) is 0 Å². The average molecular weight is 517 g/mol. The Kier molecular flexibility index (Phi) is 7.15. The highest BCUT2D eigenvalue weighted by Crippen LogP contribution is 2.46. The van der Waals surface area contributed by atoms with Crippen LogP contribution >= 0.6 is 0 Å². The highest BCUT2D eigenvalue weighted by atomic mass is 15.2. The maximum atomic E-state index is 2.35. The van der Waals surface area contributed by atoms with Gasteiger partial charge in [0, 0.05) is 33.9 Å². The topological polar surface area (TPSA) is 6.48 Å². The number of rotatable bonds is 7. The largest absolute Gasteiger partial charge is 0.310 e. The zero-order valence-corrected chi connectivity index (χ0v) is 22.9. The van der Waals surface area contributed by atoms with Crippen molar-refractivity contribution in [3.8, 4) is 11.1 Å². The smallest absolute Gasteiger partial charge is 0.0540 e. The lowest BCUT2D eigenvalue weighted by Gasteiger charge is -2.31. The third-order valence-electron chi connectivity index (χ3n) is 7.19. The third kappa shape index (κ3) is 5.12. The van der Waals surface area contributed by atoms with E-state index in [4.69, 9.17) is 0 Å². The molecule has 6 aromatic carbocycles. The van der Waals surface area contributed by atoms with Crippen molar-refractivity contribution in [2.24, 2.45) is 0 Å². The van der Waals surface area contributed by atoms with Crippen LogP contribution in [0.2, 0.25) is 0 Å². The van der Waals surface area contributed by atoms with Gasteiger partial charge in [0.25, 0.3) is 0 Å². The Morgan fingerprint density at radius 1 is 0.300 bits per heavy atom. The van der Waals surface area contributed by atoms with Gasteiger partial charge in [-0.25, -0.2) is 0 Å². The van der Waals surface area contributed by atoms with Gasteiger partial charge in [0.2, 0.25) is 0 Å². The number of hydrogen-bond acceptors (Lipinski definition) is 2. The van der Waals surface area contributed by atoms with Crippen LogP contribution in [0.15, 0.2) is 158 Å². The molecule has 0 unspecified atom stereocenters. The minimum atomic E-state index is 1.12. The lowest BCUT2D eigenvalue weighted by Crippen LogP contribution is -2.13. The quantitative estimate of drug-likeness (QED) is 0.208. The summed E-state index contributed by atoms with van der Waals surface area (Å²) in [7, 11) is 0. The molecule has 0 spiro atoms. The summed E-state index contributed by atoms with van der Waals surface area (Å²) in [6.45, 7) is 4.26. The number of nitrogens with zero attached hydrogens (tertiary/aromatic N) is 2. The molecule has 0 aliphatic heterocycles. The molecule has 2 nitrogen and oxygen atoms in total. The van der Waals surface area contributed by atoms with Gasteiger partial charge in [-0.05, 0) is 74.5 Å². The molecule has 0 amide bonds. The van der Waals surface area contributed by atoms with Gasteiger partial charge in [-0.3, -0.25) is 0 Å². The first-order chi connectivity index (χ1) is 19.7. The predicted molar refractivity (Wildman–Crippen MR) is 171 cm³/mol. The lowest BCUT2D eigenvalue weighted by atomic mass is 9.98. The standard InChI is InChI=1S/C38H32N2/c1-29-21-25-33(26-22-29)39(31-13-5-3-6-14-31)37-19-11-9-17-35(37)36-18-10-12-20-38(36)40(32-15-7-4-8-16-32)34-27-23-30(2)24-28-34/h3-28H,1-2H3. The zero-order chi connectivity index (χ0) is 27.3. The molecule has 0 N–H and O–H groups in total. The van der Waals surface area contributed by atoms with Gasteiger partial charge in [0.1, 0.15) is 0 Å². The molecular formula is C38H32N2. The average Bonchev–Trinajstić information content (AvgIpc) is 3.01. The van der Waals surface area contributed by atoms with Crippen molar-refractivity contribution in [2.75, 3.05) is 9.80 Å². The first-order valence-electron chi connectivity index (χ1n) is 13.7. The fourth-order valence-corrected chi connectivity index (χ4v) is 5.19. The van der Waals surface area contributed by atoms with E-state index in [0.717, 1.165) is 45.3 Å². The van der Waals surface area contributed by atoms with Crippen LogP contribution in [0.25, 0.3) is 11.1 Å². The maximum absolute atomic E-state index is 2.35. The Bertz CT molecular complexity index is 1560. The monoisotopic (exact) mass is 516 g/mol. The van der Waals surface area contributed by atoms with Crippen molar-refractivity contribution in [2.45, 2.75) is 13.8 Å². The first-order valence-corrected chi connectivity index (χ1v) is 13.7. The SMILES string of the molecule is Cc1ccc(N(c2ccccc2)c2ccccc2-c2ccccc2N(c2ccccc2)c2ccc(C)cc2)cc1. The molecular weight excluding hydrogens is 484 g/mol. The summed E-state index contributed by atoms with van der Waals surface area (Å²) in [6, 6.07) is 56.2. The van der Waals surface area contributed by atoms with Gasteiger partial charge in [-0.2, -0.15) is 0 Å². The van der Waals surface area contributed by atoms with E-state index in [2.05, 4.69) is 181 Å². The Balaban J connectivity index is 1.57. The summed E-state index contributed by atoms with van der Waals surface area (Å²) >= 11 is 0. The molecule has 2 heteroatoms. The number of anilines is 6. The number of hydrogen-bond donors (Lipinski definition) is 0. The molecule has 0 saturated carbocycles. The highest BCUT2D eigenvalue weighted by molar-refractivity contribution is 5.95. The van der Waals surface area contributed by atoms with Gasteiger partial charge in [0.15, 0.2) is 0 Å². The second-order valence-electron chi connectivity index (χ2n) is 10.0. The molecule has 0 aromatic heterocycles. The summed E-state index contributed by atoms with van der Waals surface area (Å²) in [5.41, 5.74) is 11.6. The highest BCUT2D eigenvalue weighted by Gasteiger charge is 2.21. The second kappa shape index (κ2) is 11.3. The molecule has 0 radical (unpaired) electrons. The molecule has 0 aliphatic carbocycles. The molecule has 0 aliphatic rings. The van der Waals surface area contributed by atoms with Crippen molar-refractivity contribution < 1.29 is 0 Å². The number of para-hydroxylation sites is 4. The van der Waals surface area contributed by atoms with Gasteiger partial charge in [0.05, 0.1) is 11.4 Å². The maximum Gasteiger partial charge on any atom is 0.0540 e. The Morgan fingerprint density at radius 2 is 0.600 bits per heavy atom. The molecule has 0 heterocycles. The summed E-state index contributed by atoms with van der Waals surface area (Å²) in [4.78, 5) is 4.70. The number of aryl methyl sites for hydroxylation is 2. The van der Waals surface area contributed by atoms with E-state index in [9.17, 15) is 0 Å². The van der Waals surface area contributed by atoms with Gasteiger partial charge < -0.3 is 9.80 Å². The van der Waals surface area contributed by atoms with Crippen LogP contribution in [0.3, 0.4) is 0 Å². The molecule has 40 heavy (non-hydrogen) atoms. The molecule has 0 saturated heterocycles. The molecule has 194 valence electrons. The Hall–Kier alpha value is -5.08. The minimum absolute atomic E-state index is 1.12. The summed E-state index contributed by atoms with van der Waals surface area (Å²) < 4.78 is 0. The summed E-state index contributed by atoms with van der Waals surface area (Å²) in [6.07, 6.45) is 0. The van der Waals surface area contributed by atoms with Crippen LogP contribution in [0.1, 0.15) is 11.1 Å². The lowest BCUT2D eigenvalue weighted by molar-refractivity contribution is 1.26. The van der Waals surface area contributed by atoms with Crippen molar-refractivity contribution in [3.05, 3.63) is 169 Å². The zero-order valence-electron chi connectivity index (χ0n) is 22.9. The molecule has 0 bridgehead atoms. The Labute approximate surface area is 237 Å². The van der Waals surface area contributed by atoms with E-state index in [1.165, 1.54) is 11.1 Å². The van der Waals surface area contributed by atoms with Crippen LogP contribution in [0.5, 0.6) is 0 Å². The van der Waals surface area contributed by atoms with Gasteiger partial charge in [-0.15, -0.1) is 0 Å². The number of benzene rings is 6. The van der Waals surface area contributed by atoms with E-state index in [-0.39, 0.29) is 0 Å². The predicted octanol–water partition coefficient (Wildman–Crippen LogP) is 10.9. The van der Waals surface area contributed by atoms with Crippen molar-refractivity contribution in [3.63, 3.8) is 0 Å². The van der Waals surface area contributed by atoms with E-state index in [0.29, 0.717) is 0 Å². The minimum Gasteiger partial charge on any atom is -0.310 e. The van der Waals surface area contributed by atoms with Gasteiger partial charge >= 0.3 is 0 Å². The molecule has 0 atom stereocenters. The second-order valence-corrected chi connectivity index (χ2v) is 10.0. The van der Waals surface area contributed by atoms with Crippen LogP contribution in [0, 0.1) is 13.8 Å². The normalized spacial score (nSPS) is 10.8. The van der Waals surface area contributed by atoms with Crippen molar-refractivity contribution in [1.82, 2.24) is 0 Å². The van der Waals surface area contributed by atoms with E-state index in [1.54, 1.807) is 0 Å². The fraction of sp³-hybridized carbons (Fsp3) is 0.0526. The van der Waals surface area contributed by atoms with Crippen molar-refractivity contribution in [1.29, 1.82) is 0 Å². The van der Waals surface area contributed by atoms with E-state index in [1.807, 2.05) is 0 Å².